The second kappa shape index (κ2) is 10.5. The van der Waals surface area contributed by atoms with E-state index in [-0.39, 0.29) is 11.8 Å². The standard InChI is InChI=1S/C25H33N5O2S2/c1-4-16-34(31,32)27-22-12-14-28(15-13-22)18-29-25(33)30(23-11-10-19(2)20(3)17-23)24(26-29)21-8-6-5-7-9-21/h5-11,17,22,27H,4,12-16,18H2,1-3H3. The van der Waals surface area contributed by atoms with E-state index in [0.717, 1.165) is 43.0 Å². The summed E-state index contributed by atoms with van der Waals surface area (Å²) in [4.78, 5) is 2.28. The highest BCUT2D eigenvalue weighted by molar-refractivity contribution is 7.89. The summed E-state index contributed by atoms with van der Waals surface area (Å²) in [5, 5.41) is 4.93. The van der Waals surface area contributed by atoms with Crippen molar-refractivity contribution in [1.29, 1.82) is 0 Å². The Morgan fingerprint density at radius 2 is 1.76 bits per heavy atom. The molecule has 3 aromatic rings. The van der Waals surface area contributed by atoms with E-state index in [1.807, 2.05) is 46.5 Å². The van der Waals surface area contributed by atoms with Crippen LogP contribution < -0.4 is 4.72 Å². The van der Waals surface area contributed by atoms with Gasteiger partial charge in [0.2, 0.25) is 14.8 Å². The monoisotopic (exact) mass is 499 g/mol. The summed E-state index contributed by atoms with van der Waals surface area (Å²) in [5.41, 5.74) is 4.46. The molecule has 0 spiro atoms. The summed E-state index contributed by atoms with van der Waals surface area (Å²) in [7, 11) is -3.19. The van der Waals surface area contributed by atoms with Crippen LogP contribution in [-0.2, 0) is 16.7 Å². The van der Waals surface area contributed by atoms with Crippen molar-refractivity contribution in [3.63, 3.8) is 0 Å². The molecule has 0 atom stereocenters. The molecule has 0 radical (unpaired) electrons. The summed E-state index contributed by atoms with van der Waals surface area (Å²) >= 11 is 5.91. The Kier molecular flexibility index (Phi) is 7.67. The van der Waals surface area contributed by atoms with Crippen LogP contribution >= 0.6 is 12.2 Å². The molecule has 2 heterocycles. The number of benzene rings is 2. The number of nitrogens with one attached hydrogen (secondary N) is 1. The van der Waals surface area contributed by atoms with Gasteiger partial charge in [0.05, 0.1) is 18.1 Å². The number of aromatic nitrogens is 3. The first kappa shape index (κ1) is 24.8. The zero-order chi connectivity index (χ0) is 24.3. The van der Waals surface area contributed by atoms with Crippen molar-refractivity contribution < 1.29 is 8.42 Å². The zero-order valence-corrected chi connectivity index (χ0v) is 21.7. The molecule has 0 amide bonds. The van der Waals surface area contributed by atoms with Crippen molar-refractivity contribution in [3.8, 4) is 17.1 Å². The third kappa shape index (κ3) is 5.66. The third-order valence-corrected chi connectivity index (χ3v) is 8.39. The van der Waals surface area contributed by atoms with Crippen LogP contribution in [0.25, 0.3) is 17.1 Å². The van der Waals surface area contributed by atoms with Gasteiger partial charge in [0.25, 0.3) is 0 Å². The number of hydrogen-bond acceptors (Lipinski definition) is 5. The zero-order valence-electron chi connectivity index (χ0n) is 20.1. The lowest BCUT2D eigenvalue weighted by molar-refractivity contribution is 0.157. The maximum Gasteiger partial charge on any atom is 0.211 e. The van der Waals surface area contributed by atoms with Gasteiger partial charge in [-0.1, -0.05) is 43.3 Å². The van der Waals surface area contributed by atoms with Gasteiger partial charge in [0.15, 0.2) is 5.82 Å². The lowest BCUT2D eigenvalue weighted by atomic mass is 10.1. The molecule has 1 saturated heterocycles. The molecule has 0 bridgehead atoms. The number of likely N-dealkylation sites (tertiary alicyclic amines) is 1. The first-order valence-corrected chi connectivity index (χ1v) is 13.9. The molecule has 182 valence electrons. The van der Waals surface area contributed by atoms with Crippen LogP contribution in [0.15, 0.2) is 48.5 Å². The first-order chi connectivity index (χ1) is 16.3. The fourth-order valence-corrected chi connectivity index (χ4v) is 6.02. The SMILES string of the molecule is CCCS(=O)(=O)NC1CCN(Cn2nc(-c3ccccc3)n(-c3ccc(C)c(C)c3)c2=S)CC1. The number of piperidine rings is 1. The maximum absolute atomic E-state index is 12.1. The molecular weight excluding hydrogens is 466 g/mol. The molecule has 4 rings (SSSR count). The fraction of sp³-hybridized carbons (Fsp3) is 0.440. The lowest BCUT2D eigenvalue weighted by Crippen LogP contribution is -2.45. The molecule has 1 aliphatic heterocycles. The van der Waals surface area contributed by atoms with Crippen LogP contribution in [0.2, 0.25) is 0 Å². The molecule has 1 aliphatic rings. The molecule has 0 saturated carbocycles. The smallest absolute Gasteiger partial charge is 0.211 e. The van der Waals surface area contributed by atoms with E-state index < -0.39 is 10.0 Å². The molecular formula is C25H33N5O2S2. The Balaban J connectivity index is 1.57. The Morgan fingerprint density at radius 3 is 2.41 bits per heavy atom. The Labute approximate surface area is 207 Å². The Morgan fingerprint density at radius 1 is 1.06 bits per heavy atom. The van der Waals surface area contributed by atoms with Crippen molar-refractivity contribution in [2.24, 2.45) is 0 Å². The molecule has 0 unspecified atom stereocenters. The van der Waals surface area contributed by atoms with E-state index in [4.69, 9.17) is 17.3 Å². The Bertz CT molecular complexity index is 1290. The first-order valence-electron chi connectivity index (χ1n) is 11.8. The van der Waals surface area contributed by atoms with Gasteiger partial charge in [0, 0.05) is 24.7 Å². The summed E-state index contributed by atoms with van der Waals surface area (Å²) < 4.78 is 31.7. The van der Waals surface area contributed by atoms with Gasteiger partial charge >= 0.3 is 0 Å². The second-order valence-electron chi connectivity index (χ2n) is 9.05. The van der Waals surface area contributed by atoms with Gasteiger partial charge in [-0.15, -0.1) is 5.10 Å². The van der Waals surface area contributed by atoms with E-state index >= 15 is 0 Å². The number of hydrogen-bond donors (Lipinski definition) is 1. The molecule has 2 aromatic carbocycles. The Hall–Kier alpha value is -2.33. The highest BCUT2D eigenvalue weighted by atomic mass is 32.2. The molecule has 1 N–H and O–H groups in total. The fourth-order valence-electron chi connectivity index (χ4n) is 4.33. The van der Waals surface area contributed by atoms with E-state index in [1.54, 1.807) is 0 Å². The minimum Gasteiger partial charge on any atom is -0.284 e. The van der Waals surface area contributed by atoms with Crippen molar-refractivity contribution >= 4 is 22.2 Å². The van der Waals surface area contributed by atoms with Crippen molar-refractivity contribution in [1.82, 2.24) is 24.0 Å². The van der Waals surface area contributed by atoms with Gasteiger partial charge in [0.1, 0.15) is 0 Å². The summed E-state index contributed by atoms with van der Waals surface area (Å²) in [5.74, 6) is 0.997. The van der Waals surface area contributed by atoms with Crippen LogP contribution in [0.3, 0.4) is 0 Å². The molecule has 7 nitrogen and oxygen atoms in total. The van der Waals surface area contributed by atoms with Crippen LogP contribution in [0.5, 0.6) is 0 Å². The number of aryl methyl sites for hydroxylation is 2. The lowest BCUT2D eigenvalue weighted by Gasteiger charge is -2.31. The highest BCUT2D eigenvalue weighted by Crippen LogP contribution is 2.24. The minimum atomic E-state index is -3.19. The van der Waals surface area contributed by atoms with E-state index in [0.29, 0.717) is 17.9 Å². The normalized spacial score (nSPS) is 15.6. The number of sulfonamides is 1. The van der Waals surface area contributed by atoms with Crippen LogP contribution in [0, 0.1) is 18.6 Å². The molecule has 0 aliphatic carbocycles. The number of rotatable bonds is 8. The molecule has 1 aromatic heterocycles. The van der Waals surface area contributed by atoms with Gasteiger partial charge in [-0.2, -0.15) is 0 Å². The van der Waals surface area contributed by atoms with Crippen molar-refractivity contribution in [2.75, 3.05) is 18.8 Å². The minimum absolute atomic E-state index is 0.00579. The number of nitrogens with zero attached hydrogens (tertiary/aromatic N) is 4. The topological polar surface area (TPSA) is 72.2 Å². The molecule has 1 fully saturated rings. The summed E-state index contributed by atoms with van der Waals surface area (Å²) in [6.07, 6.45) is 2.18. The van der Waals surface area contributed by atoms with Gasteiger partial charge in [-0.25, -0.2) is 17.8 Å². The maximum atomic E-state index is 12.1. The summed E-state index contributed by atoms with van der Waals surface area (Å²) in [6, 6.07) is 16.5. The average molecular weight is 500 g/mol. The van der Waals surface area contributed by atoms with E-state index in [2.05, 4.69) is 41.7 Å². The van der Waals surface area contributed by atoms with E-state index in [1.165, 1.54) is 11.1 Å². The second-order valence-corrected chi connectivity index (χ2v) is 11.3. The molecule has 34 heavy (non-hydrogen) atoms. The van der Waals surface area contributed by atoms with Crippen molar-refractivity contribution in [3.05, 3.63) is 64.4 Å². The predicted molar refractivity (Wildman–Crippen MR) is 139 cm³/mol. The average Bonchev–Trinajstić information content (AvgIpc) is 3.13. The largest absolute Gasteiger partial charge is 0.284 e. The van der Waals surface area contributed by atoms with Gasteiger partial charge < -0.3 is 0 Å². The third-order valence-electron chi connectivity index (χ3n) is 6.36. The van der Waals surface area contributed by atoms with Crippen molar-refractivity contribution in [2.45, 2.75) is 52.7 Å². The van der Waals surface area contributed by atoms with E-state index in [9.17, 15) is 8.42 Å². The molecule has 9 heteroatoms. The predicted octanol–water partition coefficient (Wildman–Crippen LogP) is 4.44. The van der Waals surface area contributed by atoms with Gasteiger partial charge in [-0.3, -0.25) is 9.47 Å². The quantitative estimate of drug-likeness (QED) is 0.464. The van der Waals surface area contributed by atoms with Crippen LogP contribution in [-0.4, -0.2) is 52.5 Å². The summed E-state index contributed by atoms with van der Waals surface area (Å²) in [6.45, 7) is 8.24. The van der Waals surface area contributed by atoms with Gasteiger partial charge in [-0.05, 0) is 68.6 Å². The highest BCUT2D eigenvalue weighted by Gasteiger charge is 2.24. The van der Waals surface area contributed by atoms with Crippen LogP contribution in [0.4, 0.5) is 0 Å². The van der Waals surface area contributed by atoms with Crippen LogP contribution in [0.1, 0.15) is 37.3 Å².